The van der Waals surface area contributed by atoms with Crippen LogP contribution in [0.5, 0.6) is 0 Å². The third-order valence-corrected chi connectivity index (χ3v) is 6.48. The maximum atomic E-state index is 9.72. The van der Waals surface area contributed by atoms with Crippen molar-refractivity contribution < 1.29 is 5.11 Å². The molecule has 2 aromatic heterocycles. The van der Waals surface area contributed by atoms with Crippen molar-refractivity contribution in [2.45, 2.75) is 44.0 Å². The molecule has 1 fully saturated rings. The molecule has 1 atom stereocenters. The highest BCUT2D eigenvalue weighted by molar-refractivity contribution is 7.25. The van der Waals surface area contributed by atoms with Crippen LogP contribution in [0.3, 0.4) is 0 Å². The average molecular weight is 372 g/mol. The Morgan fingerprint density at radius 3 is 2.69 bits per heavy atom. The van der Waals surface area contributed by atoms with Crippen molar-refractivity contribution in [3.05, 3.63) is 30.1 Å². The molecule has 3 aromatic rings. The fourth-order valence-corrected chi connectivity index (χ4v) is 4.87. The first-order valence-corrected chi connectivity index (χ1v) is 9.88. The molecule has 0 saturated heterocycles. The number of aliphatic hydroxyl groups excluding tert-OH is 1. The van der Waals surface area contributed by atoms with Crippen molar-refractivity contribution in [1.29, 1.82) is 0 Å². The number of benzene rings is 1. The number of anilines is 1. The van der Waals surface area contributed by atoms with Gasteiger partial charge < -0.3 is 21.1 Å². The van der Waals surface area contributed by atoms with Gasteiger partial charge >= 0.3 is 0 Å². The molecule has 26 heavy (non-hydrogen) atoms. The van der Waals surface area contributed by atoms with Crippen LogP contribution >= 0.6 is 11.3 Å². The van der Waals surface area contributed by atoms with Gasteiger partial charge in [0, 0.05) is 22.2 Å². The van der Waals surface area contributed by atoms with Crippen molar-refractivity contribution in [3.63, 3.8) is 0 Å². The van der Waals surface area contributed by atoms with Crippen LogP contribution in [0.1, 0.15) is 37.5 Å². The number of nitrogens with one attached hydrogen (secondary N) is 1. The van der Waals surface area contributed by atoms with Crippen LogP contribution in [0.15, 0.2) is 24.5 Å². The lowest BCUT2D eigenvalue weighted by Gasteiger charge is -2.33. The van der Waals surface area contributed by atoms with Gasteiger partial charge in [-0.1, -0.05) is 6.07 Å². The van der Waals surface area contributed by atoms with Gasteiger partial charge in [-0.15, -0.1) is 11.3 Å². The molecule has 4 rings (SSSR count). The lowest BCUT2D eigenvalue weighted by molar-refractivity contribution is 0.186. The molecule has 0 spiro atoms. The van der Waals surface area contributed by atoms with E-state index in [1.165, 1.54) is 12.8 Å². The van der Waals surface area contributed by atoms with E-state index < -0.39 is 6.23 Å². The van der Waals surface area contributed by atoms with Crippen molar-refractivity contribution in [1.82, 2.24) is 14.9 Å². The van der Waals surface area contributed by atoms with Gasteiger partial charge in [-0.05, 0) is 57.5 Å². The summed E-state index contributed by atoms with van der Waals surface area (Å²) in [5.74, 6) is 0.887. The summed E-state index contributed by atoms with van der Waals surface area (Å²) in [7, 11) is 4.32. The first-order chi connectivity index (χ1) is 12.5. The first-order valence-electron chi connectivity index (χ1n) is 9.06. The van der Waals surface area contributed by atoms with Crippen molar-refractivity contribution in [3.8, 4) is 0 Å². The summed E-state index contributed by atoms with van der Waals surface area (Å²) in [6.45, 7) is 0. The molecular weight excluding hydrogens is 346 g/mol. The minimum Gasteiger partial charge on any atom is -0.375 e. The summed E-state index contributed by atoms with van der Waals surface area (Å²) in [5, 5.41) is 15.5. The number of thiophene rings is 1. The van der Waals surface area contributed by atoms with Crippen molar-refractivity contribution in [2.75, 3.05) is 19.4 Å². The standard InChI is InChI=1S/C19H25N5OS/c1-24(2)13-6-4-12(5-7-13)23-18-16-14-9-11(17(20)25)3-8-15(14)26-19(16)22-10-21-18/h3,8-10,12-13,17,25H,4-7,20H2,1-2H3,(H,21,22,23). The molecule has 4 N–H and O–H groups in total. The summed E-state index contributed by atoms with van der Waals surface area (Å²) in [5.41, 5.74) is 6.36. The smallest absolute Gasteiger partial charge is 0.139 e. The molecule has 138 valence electrons. The molecule has 0 amide bonds. The molecule has 2 heterocycles. The van der Waals surface area contributed by atoms with Gasteiger partial charge in [-0.3, -0.25) is 0 Å². The van der Waals surface area contributed by atoms with Gasteiger partial charge in [0.05, 0.1) is 5.39 Å². The zero-order valence-corrected chi connectivity index (χ0v) is 16.0. The molecule has 1 aromatic carbocycles. The second-order valence-electron chi connectivity index (χ2n) is 7.32. The number of rotatable bonds is 4. The summed E-state index contributed by atoms with van der Waals surface area (Å²) in [6.07, 6.45) is 5.34. The highest BCUT2D eigenvalue weighted by atomic mass is 32.1. The van der Waals surface area contributed by atoms with E-state index in [2.05, 4.69) is 34.3 Å². The largest absolute Gasteiger partial charge is 0.375 e. The molecular formula is C19H25N5OS. The maximum Gasteiger partial charge on any atom is 0.139 e. The zero-order chi connectivity index (χ0) is 18.3. The SMILES string of the molecule is CN(C)C1CCC(Nc2ncnc3sc4ccc(C(N)O)cc4c23)CC1. The summed E-state index contributed by atoms with van der Waals surface area (Å²) in [4.78, 5) is 12.3. The topological polar surface area (TPSA) is 87.3 Å². The normalized spacial score (nSPS) is 22.2. The van der Waals surface area contributed by atoms with E-state index >= 15 is 0 Å². The zero-order valence-electron chi connectivity index (χ0n) is 15.1. The second-order valence-corrected chi connectivity index (χ2v) is 8.35. The van der Waals surface area contributed by atoms with Gasteiger partial charge in [0.25, 0.3) is 0 Å². The van der Waals surface area contributed by atoms with Crippen LogP contribution in [0.2, 0.25) is 0 Å². The molecule has 0 radical (unpaired) electrons. The quantitative estimate of drug-likeness (QED) is 0.611. The van der Waals surface area contributed by atoms with Crippen LogP contribution in [-0.4, -0.2) is 46.2 Å². The fourth-order valence-electron chi connectivity index (χ4n) is 3.85. The number of fused-ring (bicyclic) bond motifs is 3. The van der Waals surface area contributed by atoms with Gasteiger partial charge in [-0.2, -0.15) is 0 Å². The Morgan fingerprint density at radius 1 is 1.23 bits per heavy atom. The second kappa shape index (κ2) is 7.08. The van der Waals surface area contributed by atoms with E-state index in [0.717, 1.165) is 39.0 Å². The number of hydrogen-bond donors (Lipinski definition) is 3. The molecule has 1 unspecified atom stereocenters. The van der Waals surface area contributed by atoms with Gasteiger partial charge in [0.2, 0.25) is 0 Å². The number of aromatic nitrogens is 2. The number of nitrogens with zero attached hydrogens (tertiary/aromatic N) is 3. The number of aliphatic hydroxyl groups is 1. The van der Waals surface area contributed by atoms with E-state index in [9.17, 15) is 5.11 Å². The lowest BCUT2D eigenvalue weighted by atomic mass is 9.90. The van der Waals surface area contributed by atoms with E-state index in [0.29, 0.717) is 17.6 Å². The van der Waals surface area contributed by atoms with Gasteiger partial charge in [0.1, 0.15) is 23.2 Å². The monoisotopic (exact) mass is 371 g/mol. The van der Waals surface area contributed by atoms with Crippen LogP contribution in [-0.2, 0) is 0 Å². The minimum atomic E-state index is -0.975. The highest BCUT2D eigenvalue weighted by Crippen LogP contribution is 2.37. The molecule has 1 aliphatic carbocycles. The van der Waals surface area contributed by atoms with Gasteiger partial charge in [-0.25, -0.2) is 9.97 Å². The molecule has 6 nitrogen and oxygen atoms in total. The lowest BCUT2D eigenvalue weighted by Crippen LogP contribution is -2.36. The minimum absolute atomic E-state index is 0.433. The third kappa shape index (κ3) is 3.27. The molecule has 0 bridgehead atoms. The van der Waals surface area contributed by atoms with E-state index in [1.807, 2.05) is 18.2 Å². The first kappa shape index (κ1) is 17.6. The molecule has 7 heteroatoms. The molecule has 1 saturated carbocycles. The molecule has 0 aliphatic heterocycles. The Labute approximate surface area is 157 Å². The number of hydrogen-bond acceptors (Lipinski definition) is 7. The van der Waals surface area contributed by atoms with Crippen molar-refractivity contribution >= 4 is 37.5 Å². The van der Waals surface area contributed by atoms with Crippen LogP contribution in [0, 0.1) is 0 Å². The van der Waals surface area contributed by atoms with Gasteiger partial charge in [0.15, 0.2) is 0 Å². The number of nitrogens with two attached hydrogens (primary N) is 1. The van der Waals surface area contributed by atoms with E-state index in [4.69, 9.17) is 5.73 Å². The predicted molar refractivity (Wildman–Crippen MR) is 107 cm³/mol. The summed E-state index contributed by atoms with van der Waals surface area (Å²) < 4.78 is 1.13. The Kier molecular flexibility index (Phi) is 4.79. The third-order valence-electron chi connectivity index (χ3n) is 5.40. The van der Waals surface area contributed by atoms with Crippen LogP contribution < -0.4 is 11.1 Å². The maximum absolute atomic E-state index is 9.72. The fraction of sp³-hybridized carbons (Fsp3) is 0.474. The van der Waals surface area contributed by atoms with E-state index in [-0.39, 0.29) is 0 Å². The predicted octanol–water partition coefficient (Wildman–Crippen LogP) is 3.08. The van der Waals surface area contributed by atoms with Crippen LogP contribution in [0.4, 0.5) is 5.82 Å². The molecule has 1 aliphatic rings. The highest BCUT2D eigenvalue weighted by Gasteiger charge is 2.23. The summed E-state index contributed by atoms with van der Waals surface area (Å²) in [6, 6.07) is 6.93. The Bertz CT molecular complexity index is 915. The Morgan fingerprint density at radius 2 is 2.00 bits per heavy atom. The Balaban J connectivity index is 1.67. The van der Waals surface area contributed by atoms with Crippen LogP contribution in [0.25, 0.3) is 20.3 Å². The summed E-state index contributed by atoms with van der Waals surface area (Å²) >= 11 is 1.64. The Hall–Kier alpha value is -1.80. The average Bonchev–Trinajstić information content (AvgIpc) is 3.00. The van der Waals surface area contributed by atoms with E-state index in [1.54, 1.807) is 17.7 Å². The van der Waals surface area contributed by atoms with Crippen molar-refractivity contribution in [2.24, 2.45) is 5.73 Å².